The lowest BCUT2D eigenvalue weighted by Gasteiger charge is -2.36. The fourth-order valence-corrected chi connectivity index (χ4v) is 3.46. The van der Waals surface area contributed by atoms with Gasteiger partial charge in [-0.05, 0) is 48.5 Å². The van der Waals surface area contributed by atoms with Crippen molar-refractivity contribution >= 4 is 17.7 Å². The Morgan fingerprint density at radius 2 is 1.67 bits per heavy atom. The predicted molar refractivity (Wildman–Crippen MR) is 113 cm³/mol. The summed E-state index contributed by atoms with van der Waals surface area (Å²) in [5.41, 5.74) is 1.88. The van der Waals surface area contributed by atoms with Crippen LogP contribution in [0.15, 0.2) is 76.7 Å². The number of carbonyl (C=O) groups is 1. The van der Waals surface area contributed by atoms with Gasteiger partial charge in [-0.25, -0.2) is 4.39 Å². The molecule has 6 heteroatoms. The number of rotatable bonds is 4. The zero-order valence-electron chi connectivity index (χ0n) is 16.3. The summed E-state index contributed by atoms with van der Waals surface area (Å²) in [4.78, 5) is 16.7. The maximum atomic E-state index is 13.1. The molecule has 0 bridgehead atoms. The van der Waals surface area contributed by atoms with Crippen molar-refractivity contribution < 1.29 is 13.6 Å². The van der Waals surface area contributed by atoms with Gasteiger partial charge in [0.25, 0.3) is 5.91 Å². The summed E-state index contributed by atoms with van der Waals surface area (Å²) in [7, 11) is 0. The monoisotopic (exact) mass is 401 g/mol. The van der Waals surface area contributed by atoms with E-state index in [0.717, 1.165) is 11.3 Å². The highest BCUT2D eigenvalue weighted by Crippen LogP contribution is 2.24. The van der Waals surface area contributed by atoms with Crippen LogP contribution in [0.1, 0.15) is 5.76 Å². The molecule has 1 saturated heterocycles. The van der Waals surface area contributed by atoms with Crippen LogP contribution in [0.3, 0.4) is 0 Å². The second-order valence-corrected chi connectivity index (χ2v) is 6.99. The SMILES string of the molecule is N#C/C(=C/c1ccc(-c2ccc(F)cc2)o1)C(=O)N1CCN(c2ccccc2)CC1. The van der Waals surface area contributed by atoms with E-state index in [9.17, 15) is 14.4 Å². The number of piperazine rings is 1. The molecule has 1 fully saturated rings. The van der Waals surface area contributed by atoms with E-state index in [0.29, 0.717) is 37.7 Å². The molecule has 4 rings (SSSR count). The minimum atomic E-state index is -0.324. The molecule has 0 spiro atoms. The summed E-state index contributed by atoms with van der Waals surface area (Å²) in [5.74, 6) is 0.324. The van der Waals surface area contributed by atoms with Gasteiger partial charge in [0.2, 0.25) is 0 Å². The van der Waals surface area contributed by atoms with Gasteiger partial charge < -0.3 is 14.2 Å². The summed E-state index contributed by atoms with van der Waals surface area (Å²) < 4.78 is 18.8. The zero-order chi connectivity index (χ0) is 20.9. The lowest BCUT2D eigenvalue weighted by Crippen LogP contribution is -2.49. The highest BCUT2D eigenvalue weighted by Gasteiger charge is 2.24. The van der Waals surface area contributed by atoms with Crippen molar-refractivity contribution in [2.45, 2.75) is 0 Å². The molecular formula is C24H20FN3O2. The normalized spacial score (nSPS) is 14.5. The predicted octanol–water partition coefficient (Wildman–Crippen LogP) is 4.34. The van der Waals surface area contributed by atoms with E-state index in [1.165, 1.54) is 18.2 Å². The van der Waals surface area contributed by atoms with Crippen LogP contribution in [-0.4, -0.2) is 37.0 Å². The molecule has 1 amide bonds. The van der Waals surface area contributed by atoms with Crippen LogP contribution < -0.4 is 4.90 Å². The van der Waals surface area contributed by atoms with Crippen LogP contribution in [0, 0.1) is 17.1 Å². The average Bonchev–Trinajstić information content (AvgIpc) is 3.27. The minimum Gasteiger partial charge on any atom is -0.457 e. The van der Waals surface area contributed by atoms with Gasteiger partial charge in [-0.15, -0.1) is 0 Å². The maximum Gasteiger partial charge on any atom is 0.264 e. The number of hydrogen-bond donors (Lipinski definition) is 0. The van der Waals surface area contributed by atoms with Crippen LogP contribution >= 0.6 is 0 Å². The number of anilines is 1. The van der Waals surface area contributed by atoms with Gasteiger partial charge in [-0.3, -0.25) is 4.79 Å². The number of halogens is 1. The van der Waals surface area contributed by atoms with Crippen LogP contribution in [0.25, 0.3) is 17.4 Å². The van der Waals surface area contributed by atoms with E-state index >= 15 is 0 Å². The van der Waals surface area contributed by atoms with E-state index in [2.05, 4.69) is 4.90 Å². The summed E-state index contributed by atoms with van der Waals surface area (Å²) in [6, 6.07) is 21.4. The first-order valence-electron chi connectivity index (χ1n) is 9.71. The van der Waals surface area contributed by atoms with E-state index < -0.39 is 0 Å². The van der Waals surface area contributed by atoms with Crippen molar-refractivity contribution in [3.8, 4) is 17.4 Å². The molecule has 150 valence electrons. The van der Waals surface area contributed by atoms with Crippen molar-refractivity contribution in [2.75, 3.05) is 31.1 Å². The van der Waals surface area contributed by atoms with Crippen LogP contribution in [0.2, 0.25) is 0 Å². The second kappa shape index (κ2) is 8.66. The first-order chi connectivity index (χ1) is 14.6. The number of hydrogen-bond acceptors (Lipinski definition) is 4. The molecule has 0 N–H and O–H groups in total. The molecule has 3 aromatic rings. The van der Waals surface area contributed by atoms with E-state index in [1.54, 1.807) is 29.2 Å². The van der Waals surface area contributed by atoms with Gasteiger partial charge >= 0.3 is 0 Å². The number of nitriles is 1. The second-order valence-electron chi connectivity index (χ2n) is 6.99. The Bertz CT molecular complexity index is 1090. The number of carbonyl (C=O) groups excluding carboxylic acids is 1. The van der Waals surface area contributed by atoms with Crippen LogP contribution in [0.4, 0.5) is 10.1 Å². The Kier molecular flexibility index (Phi) is 5.62. The number of furan rings is 1. The first-order valence-corrected chi connectivity index (χ1v) is 9.71. The quantitative estimate of drug-likeness (QED) is 0.482. The third kappa shape index (κ3) is 4.26. The Morgan fingerprint density at radius 3 is 2.33 bits per heavy atom. The lowest BCUT2D eigenvalue weighted by molar-refractivity contribution is -0.126. The third-order valence-electron chi connectivity index (χ3n) is 5.08. The number of amides is 1. The number of para-hydroxylation sites is 1. The topological polar surface area (TPSA) is 60.5 Å². The molecule has 0 radical (unpaired) electrons. The standard InChI is InChI=1S/C24H20FN3O2/c25-20-8-6-18(7-9-20)23-11-10-22(30-23)16-19(17-26)24(29)28-14-12-27(13-15-28)21-4-2-1-3-5-21/h1-11,16H,12-15H2/b19-16-. The van der Waals surface area contributed by atoms with Crippen molar-refractivity contribution in [1.82, 2.24) is 4.90 Å². The molecule has 0 unspecified atom stereocenters. The molecule has 5 nitrogen and oxygen atoms in total. The van der Waals surface area contributed by atoms with Crippen molar-refractivity contribution in [1.29, 1.82) is 5.26 Å². The lowest BCUT2D eigenvalue weighted by atomic mass is 10.1. The summed E-state index contributed by atoms with van der Waals surface area (Å²) in [5, 5.41) is 9.51. The average molecular weight is 401 g/mol. The Balaban J connectivity index is 1.44. The number of nitrogens with zero attached hydrogens (tertiary/aromatic N) is 3. The Hall–Kier alpha value is -3.85. The molecule has 1 aliphatic heterocycles. The van der Waals surface area contributed by atoms with Crippen molar-refractivity contribution in [3.63, 3.8) is 0 Å². The van der Waals surface area contributed by atoms with Crippen LogP contribution in [-0.2, 0) is 4.79 Å². The Labute approximate surface area is 174 Å². The number of benzene rings is 2. The molecular weight excluding hydrogens is 381 g/mol. The fraction of sp³-hybridized carbons (Fsp3) is 0.167. The zero-order valence-corrected chi connectivity index (χ0v) is 16.3. The van der Waals surface area contributed by atoms with E-state index in [-0.39, 0.29) is 17.3 Å². The molecule has 0 atom stereocenters. The van der Waals surface area contributed by atoms with Gasteiger partial charge in [-0.2, -0.15) is 5.26 Å². The van der Waals surface area contributed by atoms with Gasteiger partial charge in [0.15, 0.2) is 0 Å². The van der Waals surface area contributed by atoms with Gasteiger partial charge in [0.1, 0.15) is 29.0 Å². The molecule has 1 aliphatic rings. The van der Waals surface area contributed by atoms with Crippen LogP contribution in [0.5, 0.6) is 0 Å². The Morgan fingerprint density at radius 1 is 0.967 bits per heavy atom. The minimum absolute atomic E-state index is 0.0307. The first kappa shape index (κ1) is 19.5. The van der Waals surface area contributed by atoms with Gasteiger partial charge in [0.05, 0.1) is 0 Å². The highest BCUT2D eigenvalue weighted by molar-refractivity contribution is 6.01. The summed E-state index contributed by atoms with van der Waals surface area (Å²) in [6.45, 7) is 2.52. The smallest absolute Gasteiger partial charge is 0.264 e. The fourth-order valence-electron chi connectivity index (χ4n) is 3.46. The molecule has 2 heterocycles. The molecule has 0 saturated carbocycles. The third-order valence-corrected chi connectivity index (χ3v) is 5.08. The molecule has 0 aliphatic carbocycles. The largest absolute Gasteiger partial charge is 0.457 e. The molecule has 1 aromatic heterocycles. The van der Waals surface area contributed by atoms with Crippen molar-refractivity contribution in [2.24, 2.45) is 0 Å². The summed E-state index contributed by atoms with van der Waals surface area (Å²) >= 11 is 0. The van der Waals surface area contributed by atoms with E-state index in [4.69, 9.17) is 4.42 Å². The summed E-state index contributed by atoms with van der Waals surface area (Å²) in [6.07, 6.45) is 1.46. The maximum absolute atomic E-state index is 13.1. The van der Waals surface area contributed by atoms with Crippen molar-refractivity contribution in [3.05, 3.63) is 83.9 Å². The van der Waals surface area contributed by atoms with E-state index in [1.807, 2.05) is 36.4 Å². The molecule has 30 heavy (non-hydrogen) atoms. The molecule has 2 aromatic carbocycles. The van der Waals surface area contributed by atoms with Gasteiger partial charge in [-0.1, -0.05) is 18.2 Å². The van der Waals surface area contributed by atoms with Gasteiger partial charge in [0, 0.05) is 43.5 Å². The highest BCUT2D eigenvalue weighted by atomic mass is 19.1.